The highest BCUT2D eigenvalue weighted by molar-refractivity contribution is 7.16. The van der Waals surface area contributed by atoms with E-state index in [1.807, 2.05) is 12.1 Å². The molecule has 0 radical (unpaired) electrons. The zero-order valence-electron chi connectivity index (χ0n) is 7.69. The Morgan fingerprint density at radius 2 is 2.36 bits per heavy atom. The van der Waals surface area contributed by atoms with Crippen LogP contribution in [0.4, 0.5) is 0 Å². The van der Waals surface area contributed by atoms with Crippen molar-refractivity contribution in [1.82, 2.24) is 0 Å². The molecule has 1 heterocycles. The van der Waals surface area contributed by atoms with Gasteiger partial charge >= 0.3 is 4.94 Å². The average molecular weight is 210 g/mol. The van der Waals surface area contributed by atoms with Gasteiger partial charge < -0.3 is 9.52 Å². The van der Waals surface area contributed by atoms with Crippen molar-refractivity contribution in [3.8, 4) is 0 Å². The van der Waals surface area contributed by atoms with E-state index < -0.39 is 0 Å². The highest BCUT2D eigenvalue weighted by Crippen LogP contribution is 2.19. The van der Waals surface area contributed by atoms with Gasteiger partial charge in [-0.3, -0.25) is 0 Å². The molecule has 0 bridgehead atoms. The molecule has 1 unspecified atom stereocenters. The van der Waals surface area contributed by atoms with Crippen molar-refractivity contribution in [1.29, 1.82) is 0 Å². The van der Waals surface area contributed by atoms with Gasteiger partial charge in [0.15, 0.2) is 0 Å². The van der Waals surface area contributed by atoms with Crippen LogP contribution in [0.2, 0.25) is 0 Å². The van der Waals surface area contributed by atoms with Crippen molar-refractivity contribution in [3.05, 3.63) is 33.5 Å². The minimum atomic E-state index is -0.377. The van der Waals surface area contributed by atoms with E-state index in [9.17, 15) is 9.90 Å². The predicted molar refractivity (Wildman–Crippen MR) is 55.7 cm³/mol. The first-order chi connectivity index (χ1) is 6.65. The molecule has 0 saturated heterocycles. The van der Waals surface area contributed by atoms with Gasteiger partial charge in [-0.05, 0) is 31.0 Å². The summed E-state index contributed by atoms with van der Waals surface area (Å²) in [5.74, 6) is 0. The van der Waals surface area contributed by atoms with Crippen LogP contribution in [0.15, 0.2) is 27.4 Å². The second-order valence-electron chi connectivity index (χ2n) is 3.29. The van der Waals surface area contributed by atoms with Crippen LogP contribution < -0.4 is 4.94 Å². The lowest BCUT2D eigenvalue weighted by atomic mass is 10.1. The monoisotopic (exact) mass is 210 g/mol. The van der Waals surface area contributed by atoms with Gasteiger partial charge in [-0.15, -0.1) is 0 Å². The van der Waals surface area contributed by atoms with E-state index in [0.29, 0.717) is 12.0 Å². The number of hydrogen-bond acceptors (Lipinski definition) is 4. The standard InChI is InChI=1S/C10H10O3S/c1-6(11)4-7-2-3-9-8(5-7)13-10(12)14-9/h2-3,5-6,11H,4H2,1H3. The topological polar surface area (TPSA) is 50.4 Å². The van der Waals surface area contributed by atoms with E-state index in [4.69, 9.17) is 4.42 Å². The molecule has 2 rings (SSSR count). The van der Waals surface area contributed by atoms with Gasteiger partial charge in [0, 0.05) is 0 Å². The van der Waals surface area contributed by atoms with Gasteiger partial charge in [0.05, 0.1) is 10.8 Å². The zero-order valence-corrected chi connectivity index (χ0v) is 8.50. The molecule has 1 N–H and O–H groups in total. The Morgan fingerprint density at radius 3 is 3.07 bits per heavy atom. The molecule has 2 aromatic rings. The van der Waals surface area contributed by atoms with Crippen molar-refractivity contribution in [2.75, 3.05) is 0 Å². The molecule has 1 aromatic carbocycles. The van der Waals surface area contributed by atoms with E-state index in [0.717, 1.165) is 21.6 Å². The molecular weight excluding hydrogens is 200 g/mol. The number of rotatable bonds is 2. The first-order valence-corrected chi connectivity index (χ1v) is 5.17. The minimum Gasteiger partial charge on any atom is -0.414 e. The summed E-state index contributed by atoms with van der Waals surface area (Å²) < 4.78 is 5.82. The summed E-state index contributed by atoms with van der Waals surface area (Å²) in [7, 11) is 0. The summed E-state index contributed by atoms with van der Waals surface area (Å²) in [6.07, 6.45) is 0.202. The van der Waals surface area contributed by atoms with Crippen LogP contribution in [0.5, 0.6) is 0 Å². The van der Waals surface area contributed by atoms with Gasteiger partial charge in [0.25, 0.3) is 0 Å². The molecule has 0 fully saturated rings. The van der Waals surface area contributed by atoms with Crippen LogP contribution >= 0.6 is 11.3 Å². The molecule has 0 spiro atoms. The van der Waals surface area contributed by atoms with Gasteiger partial charge in [-0.25, -0.2) is 4.79 Å². The summed E-state index contributed by atoms with van der Waals surface area (Å²) in [5.41, 5.74) is 1.59. The molecule has 4 heteroatoms. The van der Waals surface area contributed by atoms with E-state index in [1.165, 1.54) is 0 Å². The van der Waals surface area contributed by atoms with Crippen molar-refractivity contribution >= 4 is 21.6 Å². The van der Waals surface area contributed by atoms with Gasteiger partial charge in [-0.2, -0.15) is 0 Å². The summed E-state index contributed by atoms with van der Waals surface area (Å²) in [4.78, 5) is 10.6. The molecular formula is C10H10O3S. The van der Waals surface area contributed by atoms with Gasteiger partial charge in [0.1, 0.15) is 5.58 Å². The maximum atomic E-state index is 10.9. The van der Waals surface area contributed by atoms with Crippen molar-refractivity contribution in [3.63, 3.8) is 0 Å². The lowest BCUT2D eigenvalue weighted by Crippen LogP contribution is -2.03. The maximum Gasteiger partial charge on any atom is 0.396 e. The number of fused-ring (bicyclic) bond motifs is 1. The highest BCUT2D eigenvalue weighted by Gasteiger charge is 2.04. The molecule has 0 aliphatic carbocycles. The van der Waals surface area contributed by atoms with E-state index in [1.54, 1.807) is 13.0 Å². The average Bonchev–Trinajstić information content (AvgIpc) is 2.42. The van der Waals surface area contributed by atoms with Gasteiger partial charge in [-0.1, -0.05) is 17.4 Å². The summed E-state index contributed by atoms with van der Waals surface area (Å²) in [6.45, 7) is 1.73. The number of hydrogen-bond donors (Lipinski definition) is 1. The third kappa shape index (κ3) is 1.86. The minimum absolute atomic E-state index is 0.283. The third-order valence-corrected chi connectivity index (χ3v) is 2.73. The highest BCUT2D eigenvalue weighted by atomic mass is 32.1. The Hall–Kier alpha value is -1.13. The molecule has 0 aliphatic heterocycles. The van der Waals surface area contributed by atoms with E-state index in [-0.39, 0.29) is 11.0 Å². The molecule has 0 amide bonds. The van der Waals surface area contributed by atoms with Gasteiger partial charge in [0.2, 0.25) is 0 Å². The van der Waals surface area contributed by atoms with Crippen molar-refractivity contribution in [2.45, 2.75) is 19.4 Å². The lowest BCUT2D eigenvalue weighted by molar-refractivity contribution is 0.195. The van der Waals surface area contributed by atoms with E-state index >= 15 is 0 Å². The largest absolute Gasteiger partial charge is 0.414 e. The normalized spacial score (nSPS) is 13.3. The Kier molecular flexibility index (Phi) is 2.39. The predicted octanol–water partition coefficient (Wildman–Crippen LogP) is 1.78. The van der Waals surface area contributed by atoms with Crippen LogP contribution in [-0.4, -0.2) is 11.2 Å². The van der Waals surface area contributed by atoms with Crippen molar-refractivity contribution < 1.29 is 9.52 Å². The smallest absolute Gasteiger partial charge is 0.396 e. The second kappa shape index (κ2) is 3.55. The summed E-state index contributed by atoms with van der Waals surface area (Å²) in [5, 5.41) is 9.19. The number of aliphatic hydroxyl groups excluding tert-OH is 1. The Balaban J connectivity index is 2.45. The lowest BCUT2D eigenvalue weighted by Gasteiger charge is -2.02. The molecule has 14 heavy (non-hydrogen) atoms. The second-order valence-corrected chi connectivity index (χ2v) is 4.27. The SMILES string of the molecule is CC(O)Cc1ccc2sc(=O)oc2c1. The fourth-order valence-electron chi connectivity index (χ4n) is 1.39. The quantitative estimate of drug-likeness (QED) is 0.822. The fraction of sp³-hybridized carbons (Fsp3) is 0.300. The van der Waals surface area contributed by atoms with Crippen LogP contribution in [0.3, 0.4) is 0 Å². The van der Waals surface area contributed by atoms with Crippen LogP contribution in [0.25, 0.3) is 10.3 Å². The molecule has 1 atom stereocenters. The molecule has 0 saturated carbocycles. The fourth-order valence-corrected chi connectivity index (χ4v) is 2.03. The van der Waals surface area contributed by atoms with Crippen molar-refractivity contribution in [2.24, 2.45) is 0 Å². The Bertz CT molecular complexity index is 495. The van der Waals surface area contributed by atoms with Crippen LogP contribution in [0.1, 0.15) is 12.5 Å². The third-order valence-electron chi connectivity index (χ3n) is 1.93. The Morgan fingerprint density at radius 1 is 1.57 bits per heavy atom. The number of aliphatic hydroxyl groups is 1. The molecule has 74 valence electrons. The van der Waals surface area contributed by atoms with Crippen LogP contribution in [-0.2, 0) is 6.42 Å². The first-order valence-electron chi connectivity index (χ1n) is 4.36. The maximum absolute atomic E-state index is 10.9. The van der Waals surface area contributed by atoms with E-state index in [2.05, 4.69) is 0 Å². The summed E-state index contributed by atoms with van der Waals surface area (Å²) >= 11 is 1.09. The Labute approximate surface area is 84.6 Å². The number of benzene rings is 1. The molecule has 3 nitrogen and oxygen atoms in total. The van der Waals surface area contributed by atoms with Crippen LogP contribution in [0, 0.1) is 0 Å². The first kappa shape index (κ1) is 9.43. The molecule has 0 aliphatic rings. The summed E-state index contributed by atoms with van der Waals surface area (Å²) in [6, 6.07) is 5.56. The molecule has 1 aromatic heterocycles. The zero-order chi connectivity index (χ0) is 10.1.